The molecular formula is C21H37N3O5. The summed E-state index contributed by atoms with van der Waals surface area (Å²) in [5.74, 6) is -1.41. The third-order valence-electron chi connectivity index (χ3n) is 4.20. The highest BCUT2D eigenvalue weighted by atomic mass is 16.5. The normalized spacial score (nSPS) is 14.1. The van der Waals surface area contributed by atoms with E-state index in [4.69, 9.17) is 10.5 Å². The summed E-state index contributed by atoms with van der Waals surface area (Å²) >= 11 is 0. The van der Waals surface area contributed by atoms with Crippen LogP contribution in [0, 0.1) is 11.8 Å². The van der Waals surface area contributed by atoms with Gasteiger partial charge >= 0.3 is 5.97 Å². The third-order valence-corrected chi connectivity index (χ3v) is 4.20. The zero-order chi connectivity index (χ0) is 22.6. The molecule has 0 aromatic rings. The molecule has 2 amide bonds. The molecule has 0 aromatic heterocycles. The molecule has 3 unspecified atom stereocenters. The lowest BCUT2D eigenvalue weighted by molar-refractivity contribution is -0.148. The number of rotatable bonds is 14. The number of carbonyl (C=O) groups is 4. The van der Waals surface area contributed by atoms with Gasteiger partial charge in [-0.25, -0.2) is 4.79 Å². The highest BCUT2D eigenvalue weighted by Crippen LogP contribution is 2.09. The van der Waals surface area contributed by atoms with Crippen molar-refractivity contribution in [2.45, 2.75) is 78.4 Å². The van der Waals surface area contributed by atoms with Crippen molar-refractivity contribution in [1.82, 2.24) is 10.6 Å². The first kappa shape index (κ1) is 26.8. The minimum absolute atomic E-state index is 0.0493. The molecular weight excluding hydrogens is 374 g/mol. The van der Waals surface area contributed by atoms with E-state index in [9.17, 15) is 19.2 Å². The van der Waals surface area contributed by atoms with Crippen LogP contribution in [0.15, 0.2) is 12.7 Å². The number of nitrogens with two attached hydrogens (primary N) is 1. The number of hydrogen-bond donors (Lipinski definition) is 3. The van der Waals surface area contributed by atoms with E-state index in [0.29, 0.717) is 12.8 Å². The van der Waals surface area contributed by atoms with Gasteiger partial charge in [-0.3, -0.25) is 14.4 Å². The maximum absolute atomic E-state index is 12.8. The molecule has 0 bridgehead atoms. The molecule has 0 rings (SSSR count). The number of amides is 2. The monoisotopic (exact) mass is 411 g/mol. The molecule has 0 aliphatic heterocycles. The molecule has 0 heterocycles. The summed E-state index contributed by atoms with van der Waals surface area (Å²) < 4.78 is 5.00. The Morgan fingerprint density at radius 3 is 2.00 bits per heavy atom. The van der Waals surface area contributed by atoms with Crippen LogP contribution in [0.3, 0.4) is 0 Å². The van der Waals surface area contributed by atoms with E-state index in [1.54, 1.807) is 6.92 Å². The molecule has 3 atom stereocenters. The second-order valence-corrected chi connectivity index (χ2v) is 7.95. The summed E-state index contributed by atoms with van der Waals surface area (Å²) in [6.07, 6.45) is 2.18. The molecule has 0 spiro atoms. The average molecular weight is 412 g/mol. The third kappa shape index (κ3) is 11.4. The standard InChI is InChI=1S/C21H37N3O5/c1-7-15(25)9-10-17(21(28)29-8-2)23-20(27)18(12-14(5)6)24-19(26)16(22)11-13(3)4/h7,13-14,16-18H,1,8-12,22H2,2-6H3,(H,23,27)(H,24,26). The van der Waals surface area contributed by atoms with Crippen molar-refractivity contribution in [3.63, 3.8) is 0 Å². The fraction of sp³-hybridized carbons (Fsp3) is 0.714. The number of ether oxygens (including phenoxy) is 1. The predicted molar refractivity (Wildman–Crippen MR) is 112 cm³/mol. The number of nitrogens with one attached hydrogen (secondary N) is 2. The highest BCUT2D eigenvalue weighted by molar-refractivity contribution is 5.93. The molecule has 8 nitrogen and oxygen atoms in total. The molecule has 166 valence electrons. The fourth-order valence-electron chi connectivity index (χ4n) is 2.75. The highest BCUT2D eigenvalue weighted by Gasteiger charge is 2.29. The van der Waals surface area contributed by atoms with Gasteiger partial charge in [-0.1, -0.05) is 34.3 Å². The number of hydrogen-bond acceptors (Lipinski definition) is 6. The first-order valence-electron chi connectivity index (χ1n) is 10.2. The summed E-state index contributed by atoms with van der Waals surface area (Å²) in [5, 5.41) is 5.31. The lowest BCUT2D eigenvalue weighted by atomic mass is 10.00. The minimum Gasteiger partial charge on any atom is -0.464 e. The second-order valence-electron chi connectivity index (χ2n) is 7.95. The first-order chi connectivity index (χ1) is 13.5. The van der Waals surface area contributed by atoms with Crippen LogP contribution in [0.4, 0.5) is 0 Å². The average Bonchev–Trinajstić information content (AvgIpc) is 2.62. The molecule has 4 N–H and O–H groups in total. The Labute approximate surface area is 174 Å². The number of esters is 1. The largest absolute Gasteiger partial charge is 0.464 e. The fourth-order valence-corrected chi connectivity index (χ4v) is 2.75. The predicted octanol–water partition coefficient (Wildman–Crippen LogP) is 1.47. The number of allylic oxidation sites excluding steroid dienone is 1. The van der Waals surface area contributed by atoms with Crippen molar-refractivity contribution in [1.29, 1.82) is 0 Å². The summed E-state index contributed by atoms with van der Waals surface area (Å²) in [6, 6.07) is -2.54. The van der Waals surface area contributed by atoms with Gasteiger partial charge in [0, 0.05) is 6.42 Å². The van der Waals surface area contributed by atoms with Crippen molar-refractivity contribution < 1.29 is 23.9 Å². The van der Waals surface area contributed by atoms with Crippen LogP contribution >= 0.6 is 0 Å². The van der Waals surface area contributed by atoms with Gasteiger partial charge in [0.2, 0.25) is 11.8 Å². The molecule has 0 saturated carbocycles. The van der Waals surface area contributed by atoms with Crippen molar-refractivity contribution in [2.75, 3.05) is 6.61 Å². The molecule has 29 heavy (non-hydrogen) atoms. The van der Waals surface area contributed by atoms with E-state index in [2.05, 4.69) is 17.2 Å². The maximum atomic E-state index is 12.8. The van der Waals surface area contributed by atoms with Crippen LogP contribution < -0.4 is 16.4 Å². The molecule has 0 aliphatic rings. The topological polar surface area (TPSA) is 128 Å². The van der Waals surface area contributed by atoms with E-state index in [1.165, 1.54) is 6.08 Å². The smallest absolute Gasteiger partial charge is 0.328 e. The summed E-state index contributed by atoms with van der Waals surface area (Å²) in [6.45, 7) is 13.0. The SMILES string of the molecule is C=CC(=O)CCC(NC(=O)C(CC(C)C)NC(=O)C(N)CC(C)C)C(=O)OCC. The van der Waals surface area contributed by atoms with Crippen molar-refractivity contribution >= 4 is 23.6 Å². The van der Waals surface area contributed by atoms with E-state index >= 15 is 0 Å². The molecule has 0 aromatic carbocycles. The Balaban J connectivity index is 5.24. The van der Waals surface area contributed by atoms with Gasteiger partial charge in [0.15, 0.2) is 5.78 Å². The Morgan fingerprint density at radius 2 is 1.52 bits per heavy atom. The van der Waals surface area contributed by atoms with Gasteiger partial charge in [-0.05, 0) is 44.1 Å². The molecule has 0 aliphatic carbocycles. The van der Waals surface area contributed by atoms with Crippen LogP contribution in [-0.4, -0.2) is 48.3 Å². The van der Waals surface area contributed by atoms with Crippen molar-refractivity contribution in [3.8, 4) is 0 Å². The van der Waals surface area contributed by atoms with E-state index in [1.807, 2.05) is 27.7 Å². The summed E-state index contributed by atoms with van der Waals surface area (Å²) in [5.41, 5.74) is 5.92. The van der Waals surface area contributed by atoms with Crippen LogP contribution in [0.1, 0.15) is 60.3 Å². The Morgan fingerprint density at radius 1 is 0.966 bits per heavy atom. The van der Waals surface area contributed by atoms with Crippen LogP contribution in [0.2, 0.25) is 0 Å². The summed E-state index contributed by atoms with van der Waals surface area (Å²) in [4.78, 5) is 48.9. The number of carbonyl (C=O) groups excluding carboxylic acids is 4. The Bertz CT molecular complexity index is 575. The van der Waals surface area contributed by atoms with Gasteiger partial charge in [0.05, 0.1) is 12.6 Å². The van der Waals surface area contributed by atoms with Crippen molar-refractivity contribution in [3.05, 3.63) is 12.7 Å². The number of ketones is 1. The molecule has 0 saturated heterocycles. The van der Waals surface area contributed by atoms with E-state index in [0.717, 1.165) is 0 Å². The Kier molecular flexibility index (Phi) is 12.8. The zero-order valence-corrected chi connectivity index (χ0v) is 18.3. The maximum Gasteiger partial charge on any atom is 0.328 e. The van der Waals surface area contributed by atoms with Crippen LogP contribution in [0.25, 0.3) is 0 Å². The van der Waals surface area contributed by atoms with Gasteiger partial charge in [0.1, 0.15) is 12.1 Å². The van der Waals surface area contributed by atoms with Gasteiger partial charge in [-0.15, -0.1) is 0 Å². The Hall–Kier alpha value is -2.22. The second kappa shape index (κ2) is 13.9. The quantitative estimate of drug-likeness (QED) is 0.293. The lowest BCUT2D eigenvalue weighted by Crippen LogP contribution is -2.55. The minimum atomic E-state index is -0.984. The van der Waals surface area contributed by atoms with E-state index < -0.39 is 35.9 Å². The van der Waals surface area contributed by atoms with Crippen molar-refractivity contribution in [2.24, 2.45) is 17.6 Å². The van der Waals surface area contributed by atoms with Crippen LogP contribution in [-0.2, 0) is 23.9 Å². The molecule has 0 fully saturated rings. The molecule has 0 radical (unpaired) electrons. The first-order valence-corrected chi connectivity index (χ1v) is 10.2. The van der Waals surface area contributed by atoms with E-state index in [-0.39, 0.29) is 37.1 Å². The van der Waals surface area contributed by atoms with Crippen LogP contribution in [0.5, 0.6) is 0 Å². The van der Waals surface area contributed by atoms with Gasteiger partial charge < -0.3 is 21.1 Å². The lowest BCUT2D eigenvalue weighted by Gasteiger charge is -2.25. The molecule has 8 heteroatoms. The van der Waals surface area contributed by atoms with Gasteiger partial charge in [-0.2, -0.15) is 0 Å². The zero-order valence-electron chi connectivity index (χ0n) is 18.3. The summed E-state index contributed by atoms with van der Waals surface area (Å²) in [7, 11) is 0. The van der Waals surface area contributed by atoms with Gasteiger partial charge in [0.25, 0.3) is 0 Å².